The van der Waals surface area contributed by atoms with Crippen molar-refractivity contribution in [3.63, 3.8) is 0 Å². The third kappa shape index (κ3) is 2.83. The zero-order chi connectivity index (χ0) is 14.8. The Labute approximate surface area is 123 Å². The molecule has 1 aliphatic rings. The van der Waals surface area contributed by atoms with Crippen LogP contribution in [-0.2, 0) is 11.3 Å². The van der Waals surface area contributed by atoms with Crippen molar-refractivity contribution >= 4 is 5.97 Å². The highest BCUT2D eigenvalue weighted by Crippen LogP contribution is 2.22. The molecule has 0 spiro atoms. The number of aromatic nitrogens is 2. The number of carbonyl (C=O) groups is 1. The highest BCUT2D eigenvalue weighted by atomic mass is 16.4. The lowest BCUT2D eigenvalue weighted by atomic mass is 10.2. The van der Waals surface area contributed by atoms with Gasteiger partial charge in [0.25, 0.3) is 0 Å². The minimum Gasteiger partial charge on any atom is -0.480 e. The van der Waals surface area contributed by atoms with Gasteiger partial charge in [0, 0.05) is 18.3 Å². The first-order valence-electron chi connectivity index (χ1n) is 7.22. The molecule has 5 nitrogen and oxygen atoms in total. The van der Waals surface area contributed by atoms with E-state index in [1.165, 1.54) is 0 Å². The molecule has 1 aromatic carbocycles. The molecule has 1 aromatic heterocycles. The topological polar surface area (TPSA) is 58.4 Å². The fourth-order valence-electron chi connectivity index (χ4n) is 2.88. The summed E-state index contributed by atoms with van der Waals surface area (Å²) in [5, 5.41) is 13.8. The van der Waals surface area contributed by atoms with Gasteiger partial charge in [-0.25, -0.2) is 4.68 Å². The van der Waals surface area contributed by atoms with Crippen LogP contribution in [-0.4, -0.2) is 38.3 Å². The van der Waals surface area contributed by atoms with Crippen LogP contribution in [0.3, 0.4) is 0 Å². The number of rotatable bonds is 4. The number of nitrogens with zero attached hydrogens (tertiary/aromatic N) is 3. The molecule has 2 aromatic rings. The summed E-state index contributed by atoms with van der Waals surface area (Å²) < 4.78 is 1.86. The van der Waals surface area contributed by atoms with Gasteiger partial charge in [0.05, 0.1) is 11.4 Å². The molecule has 5 heteroatoms. The highest BCUT2D eigenvalue weighted by Gasteiger charge is 2.30. The number of hydrogen-bond acceptors (Lipinski definition) is 3. The molecule has 21 heavy (non-hydrogen) atoms. The lowest BCUT2D eigenvalue weighted by Crippen LogP contribution is -2.35. The molecule has 0 aliphatic carbocycles. The lowest BCUT2D eigenvalue weighted by Gasteiger charge is -2.20. The molecule has 1 aliphatic heterocycles. The first-order valence-corrected chi connectivity index (χ1v) is 7.22. The molecule has 3 rings (SSSR count). The molecular formula is C16H19N3O2. The van der Waals surface area contributed by atoms with Gasteiger partial charge >= 0.3 is 5.97 Å². The number of hydrogen-bond donors (Lipinski definition) is 1. The van der Waals surface area contributed by atoms with E-state index >= 15 is 0 Å². The summed E-state index contributed by atoms with van der Waals surface area (Å²) in [6.07, 6.45) is 3.69. The normalized spacial score (nSPS) is 19.0. The summed E-state index contributed by atoms with van der Waals surface area (Å²) in [7, 11) is 0. The van der Waals surface area contributed by atoms with E-state index in [2.05, 4.69) is 5.10 Å². The van der Waals surface area contributed by atoms with E-state index in [1.807, 2.05) is 53.0 Å². The second kappa shape index (κ2) is 5.69. The largest absolute Gasteiger partial charge is 0.480 e. The molecule has 0 radical (unpaired) electrons. The van der Waals surface area contributed by atoms with Crippen LogP contribution < -0.4 is 0 Å². The Hall–Kier alpha value is -2.14. The minimum atomic E-state index is -0.722. The van der Waals surface area contributed by atoms with Gasteiger partial charge in [-0.05, 0) is 38.4 Å². The molecule has 1 saturated heterocycles. The number of carboxylic acids is 1. The van der Waals surface area contributed by atoms with Crippen LogP contribution >= 0.6 is 0 Å². The molecular weight excluding hydrogens is 266 g/mol. The van der Waals surface area contributed by atoms with Gasteiger partial charge in [-0.1, -0.05) is 18.2 Å². The first kappa shape index (κ1) is 13.8. The predicted molar refractivity (Wildman–Crippen MR) is 79.4 cm³/mol. The van der Waals surface area contributed by atoms with Crippen molar-refractivity contribution < 1.29 is 9.90 Å². The molecule has 2 heterocycles. The summed E-state index contributed by atoms with van der Waals surface area (Å²) in [6, 6.07) is 9.59. The van der Waals surface area contributed by atoms with Gasteiger partial charge in [-0.3, -0.25) is 9.69 Å². The summed E-state index contributed by atoms with van der Waals surface area (Å²) >= 11 is 0. The van der Waals surface area contributed by atoms with Gasteiger partial charge in [-0.2, -0.15) is 5.10 Å². The van der Waals surface area contributed by atoms with E-state index in [0.29, 0.717) is 6.54 Å². The molecule has 110 valence electrons. The van der Waals surface area contributed by atoms with Crippen LogP contribution in [0, 0.1) is 6.92 Å². The van der Waals surface area contributed by atoms with Crippen LogP contribution in [0.4, 0.5) is 0 Å². The van der Waals surface area contributed by atoms with E-state index in [9.17, 15) is 9.90 Å². The molecule has 0 unspecified atom stereocenters. The fraction of sp³-hybridized carbons (Fsp3) is 0.375. The smallest absolute Gasteiger partial charge is 0.320 e. The number of aliphatic carboxylic acids is 1. The van der Waals surface area contributed by atoms with Crippen molar-refractivity contribution in [2.45, 2.75) is 32.4 Å². The first-order chi connectivity index (χ1) is 10.1. The standard InChI is InChI=1S/C16H19N3O2/c1-12-13(10-18-9-5-8-15(18)16(20)21)11-19(17-12)14-6-3-2-4-7-14/h2-4,6-7,11,15H,5,8-10H2,1H3,(H,20,21)/t15-/m1/s1. The van der Waals surface area contributed by atoms with Crippen LogP contribution in [0.15, 0.2) is 36.5 Å². The Balaban J connectivity index is 1.81. The van der Waals surface area contributed by atoms with Gasteiger partial charge in [-0.15, -0.1) is 0 Å². The Morgan fingerprint density at radius 3 is 2.86 bits per heavy atom. The van der Waals surface area contributed by atoms with Crippen molar-refractivity contribution in [1.29, 1.82) is 0 Å². The Morgan fingerprint density at radius 2 is 2.14 bits per heavy atom. The molecule has 0 bridgehead atoms. The number of para-hydroxylation sites is 1. The zero-order valence-electron chi connectivity index (χ0n) is 12.1. The average molecular weight is 285 g/mol. The summed E-state index contributed by atoms with van der Waals surface area (Å²) in [6.45, 7) is 3.46. The van der Waals surface area contributed by atoms with E-state index in [0.717, 1.165) is 36.3 Å². The van der Waals surface area contributed by atoms with Crippen LogP contribution in [0.5, 0.6) is 0 Å². The van der Waals surface area contributed by atoms with Crippen molar-refractivity contribution in [2.75, 3.05) is 6.54 Å². The Kier molecular flexibility index (Phi) is 3.75. The van der Waals surface area contributed by atoms with Gasteiger partial charge in [0.1, 0.15) is 6.04 Å². The number of aryl methyl sites for hydroxylation is 1. The third-order valence-electron chi connectivity index (χ3n) is 4.04. The van der Waals surface area contributed by atoms with Crippen molar-refractivity contribution in [1.82, 2.24) is 14.7 Å². The summed E-state index contributed by atoms with van der Waals surface area (Å²) in [5.74, 6) is -0.722. The third-order valence-corrected chi connectivity index (χ3v) is 4.04. The molecule has 0 saturated carbocycles. The number of likely N-dealkylation sites (tertiary alicyclic amines) is 1. The minimum absolute atomic E-state index is 0.357. The van der Waals surface area contributed by atoms with E-state index in [4.69, 9.17) is 0 Å². The average Bonchev–Trinajstić information content (AvgIpc) is 3.08. The molecule has 0 amide bonds. The van der Waals surface area contributed by atoms with E-state index in [-0.39, 0.29) is 6.04 Å². The van der Waals surface area contributed by atoms with Crippen molar-refractivity contribution in [3.05, 3.63) is 47.8 Å². The summed E-state index contributed by atoms with van der Waals surface area (Å²) in [4.78, 5) is 13.3. The van der Waals surface area contributed by atoms with Crippen LogP contribution in [0.25, 0.3) is 5.69 Å². The second-order valence-corrected chi connectivity index (χ2v) is 5.49. The maximum Gasteiger partial charge on any atom is 0.320 e. The maximum absolute atomic E-state index is 11.3. The van der Waals surface area contributed by atoms with Crippen molar-refractivity contribution in [2.24, 2.45) is 0 Å². The van der Waals surface area contributed by atoms with Gasteiger partial charge < -0.3 is 5.11 Å². The SMILES string of the molecule is Cc1nn(-c2ccccc2)cc1CN1CCC[C@@H]1C(=O)O. The Morgan fingerprint density at radius 1 is 1.38 bits per heavy atom. The van der Waals surface area contributed by atoms with E-state index < -0.39 is 5.97 Å². The van der Waals surface area contributed by atoms with Gasteiger partial charge in [0.15, 0.2) is 0 Å². The second-order valence-electron chi connectivity index (χ2n) is 5.49. The quantitative estimate of drug-likeness (QED) is 0.936. The van der Waals surface area contributed by atoms with E-state index in [1.54, 1.807) is 0 Å². The molecule has 1 atom stereocenters. The molecule has 1 fully saturated rings. The fourth-order valence-corrected chi connectivity index (χ4v) is 2.88. The lowest BCUT2D eigenvalue weighted by molar-refractivity contribution is -0.142. The van der Waals surface area contributed by atoms with Crippen LogP contribution in [0.1, 0.15) is 24.1 Å². The van der Waals surface area contributed by atoms with Crippen molar-refractivity contribution in [3.8, 4) is 5.69 Å². The summed E-state index contributed by atoms with van der Waals surface area (Å²) in [5.41, 5.74) is 3.06. The maximum atomic E-state index is 11.3. The van der Waals surface area contributed by atoms with Gasteiger partial charge in [0.2, 0.25) is 0 Å². The highest BCUT2D eigenvalue weighted by molar-refractivity contribution is 5.73. The predicted octanol–water partition coefficient (Wildman–Crippen LogP) is 2.23. The molecule has 1 N–H and O–H groups in total. The number of benzene rings is 1. The Bertz CT molecular complexity index is 636. The zero-order valence-corrected chi connectivity index (χ0v) is 12.1. The van der Waals surface area contributed by atoms with Crippen LogP contribution in [0.2, 0.25) is 0 Å². The number of carboxylic acid groups (broad SMARTS) is 1. The monoisotopic (exact) mass is 285 g/mol.